The fourth-order valence-corrected chi connectivity index (χ4v) is 4.57. The summed E-state index contributed by atoms with van der Waals surface area (Å²) in [7, 11) is 0. The number of nitrogens with one attached hydrogen (secondary N) is 1. The van der Waals surface area contributed by atoms with E-state index in [1.165, 1.54) is 11.1 Å². The third-order valence-electron chi connectivity index (χ3n) is 6.19. The Morgan fingerprint density at radius 1 is 1.13 bits per heavy atom. The van der Waals surface area contributed by atoms with Gasteiger partial charge in [0.15, 0.2) is 11.2 Å². The van der Waals surface area contributed by atoms with Gasteiger partial charge in [0.1, 0.15) is 5.82 Å². The van der Waals surface area contributed by atoms with E-state index in [2.05, 4.69) is 48.0 Å². The molecule has 0 saturated carbocycles. The number of fused-ring (bicyclic) bond motifs is 1. The number of aromatic amines is 1. The maximum atomic E-state index is 12.6. The van der Waals surface area contributed by atoms with Crippen LogP contribution in [-0.2, 0) is 19.6 Å². The van der Waals surface area contributed by atoms with Crippen LogP contribution in [0.5, 0.6) is 0 Å². The van der Waals surface area contributed by atoms with Gasteiger partial charge in [-0.1, -0.05) is 43.2 Å². The lowest BCUT2D eigenvalue weighted by molar-refractivity contribution is 0.239. The molecule has 0 radical (unpaired) electrons. The van der Waals surface area contributed by atoms with Crippen LogP contribution in [0.25, 0.3) is 11.2 Å². The van der Waals surface area contributed by atoms with E-state index in [0.717, 1.165) is 38.1 Å². The van der Waals surface area contributed by atoms with Crippen LogP contribution in [0.2, 0.25) is 0 Å². The summed E-state index contributed by atoms with van der Waals surface area (Å²) in [5, 5.41) is 0. The van der Waals surface area contributed by atoms with Crippen molar-refractivity contribution in [2.75, 3.05) is 6.54 Å². The van der Waals surface area contributed by atoms with Gasteiger partial charge in [0.2, 0.25) is 0 Å². The van der Waals surface area contributed by atoms with Crippen molar-refractivity contribution in [2.24, 2.45) is 0 Å². The summed E-state index contributed by atoms with van der Waals surface area (Å²) in [6, 6.07) is 9.12. The molecule has 7 heteroatoms. The van der Waals surface area contributed by atoms with Crippen molar-refractivity contribution in [3.8, 4) is 0 Å². The first-order chi connectivity index (χ1) is 14.5. The molecule has 4 rings (SSSR count). The molecule has 1 aromatic carbocycles. The van der Waals surface area contributed by atoms with Gasteiger partial charge in [-0.3, -0.25) is 19.2 Å². The Morgan fingerprint density at radius 3 is 2.60 bits per heavy atom. The first kappa shape index (κ1) is 20.6. The topological polar surface area (TPSA) is 75.9 Å². The maximum Gasteiger partial charge on any atom is 0.330 e. The summed E-state index contributed by atoms with van der Waals surface area (Å²) in [5.74, 6) is 0.855. The Morgan fingerprint density at radius 2 is 1.90 bits per heavy atom. The van der Waals surface area contributed by atoms with Crippen molar-refractivity contribution < 1.29 is 0 Å². The number of aromatic nitrogens is 4. The van der Waals surface area contributed by atoms with E-state index in [-0.39, 0.29) is 11.2 Å². The van der Waals surface area contributed by atoms with Crippen molar-refractivity contribution in [2.45, 2.75) is 72.1 Å². The molecule has 2 aromatic heterocycles. The van der Waals surface area contributed by atoms with E-state index in [9.17, 15) is 9.59 Å². The molecule has 0 bridgehead atoms. The number of unbranched alkanes of at least 4 members (excludes halogenated alkanes) is 1. The van der Waals surface area contributed by atoms with Gasteiger partial charge in [0, 0.05) is 19.1 Å². The average molecular weight is 410 g/mol. The van der Waals surface area contributed by atoms with Crippen molar-refractivity contribution in [1.82, 2.24) is 24.0 Å². The molecule has 1 fully saturated rings. The van der Waals surface area contributed by atoms with Gasteiger partial charge in [-0.15, -0.1) is 0 Å². The molecule has 3 heterocycles. The minimum Gasteiger partial charge on any atom is -0.321 e. The minimum atomic E-state index is -0.369. The third-order valence-corrected chi connectivity index (χ3v) is 6.19. The fraction of sp³-hybridized carbons (Fsp3) is 0.522. The fourth-order valence-electron chi connectivity index (χ4n) is 4.57. The minimum absolute atomic E-state index is 0.347. The zero-order chi connectivity index (χ0) is 21.3. The normalized spacial score (nSPS) is 17.2. The van der Waals surface area contributed by atoms with Crippen molar-refractivity contribution in [3.63, 3.8) is 0 Å². The number of hydrogen-bond acceptors (Lipinski definition) is 4. The van der Waals surface area contributed by atoms with Crippen LogP contribution in [0.4, 0.5) is 0 Å². The lowest BCUT2D eigenvalue weighted by Crippen LogP contribution is -2.31. The Hall–Kier alpha value is -2.67. The highest BCUT2D eigenvalue weighted by Gasteiger charge is 2.28. The molecular weight excluding hydrogens is 378 g/mol. The quantitative estimate of drug-likeness (QED) is 0.649. The van der Waals surface area contributed by atoms with Crippen molar-refractivity contribution in [1.29, 1.82) is 0 Å². The van der Waals surface area contributed by atoms with Crippen LogP contribution in [-0.4, -0.2) is 30.5 Å². The van der Waals surface area contributed by atoms with E-state index in [1.807, 2.05) is 11.5 Å². The molecule has 30 heavy (non-hydrogen) atoms. The third kappa shape index (κ3) is 3.74. The molecule has 3 aromatic rings. The van der Waals surface area contributed by atoms with Gasteiger partial charge >= 0.3 is 5.69 Å². The van der Waals surface area contributed by atoms with E-state index in [1.54, 1.807) is 4.57 Å². The zero-order valence-electron chi connectivity index (χ0n) is 18.1. The molecular formula is C23H31N5O2. The number of benzene rings is 1. The second-order valence-electron chi connectivity index (χ2n) is 8.25. The highest BCUT2D eigenvalue weighted by atomic mass is 16.2. The largest absolute Gasteiger partial charge is 0.330 e. The Labute approximate surface area is 176 Å². The molecule has 0 amide bonds. The Balaban J connectivity index is 1.73. The molecule has 1 N–H and O–H groups in total. The molecule has 1 aliphatic rings. The lowest BCUT2D eigenvalue weighted by atomic mass is 10.0. The van der Waals surface area contributed by atoms with E-state index in [4.69, 9.17) is 4.98 Å². The molecule has 1 unspecified atom stereocenters. The Kier molecular flexibility index (Phi) is 5.90. The van der Waals surface area contributed by atoms with Crippen molar-refractivity contribution in [3.05, 3.63) is 62.1 Å². The van der Waals surface area contributed by atoms with Crippen LogP contribution in [0.3, 0.4) is 0 Å². The summed E-state index contributed by atoms with van der Waals surface area (Å²) in [4.78, 5) is 34.8. The summed E-state index contributed by atoms with van der Waals surface area (Å²) >= 11 is 0. The summed E-state index contributed by atoms with van der Waals surface area (Å²) < 4.78 is 3.60. The standard InChI is InChI=1S/C23H31N5O2/c1-4-6-14-28-21-20(22(29)25-23(28)30)27(5-2)19(24-21)15-26-13-7-8-18(26)17-11-9-16(3)10-12-17/h9-12,18H,4-8,13-15H2,1-3H3,(H,25,29,30). The van der Waals surface area contributed by atoms with Crippen LogP contribution in [0.1, 0.15) is 62.5 Å². The van der Waals surface area contributed by atoms with Crippen LogP contribution in [0.15, 0.2) is 33.9 Å². The van der Waals surface area contributed by atoms with Crippen LogP contribution >= 0.6 is 0 Å². The van der Waals surface area contributed by atoms with E-state index in [0.29, 0.717) is 36.8 Å². The summed E-state index contributed by atoms with van der Waals surface area (Å²) in [5.41, 5.74) is 2.90. The van der Waals surface area contributed by atoms with E-state index >= 15 is 0 Å². The van der Waals surface area contributed by atoms with Gasteiger partial charge in [-0.05, 0) is 45.2 Å². The number of nitrogens with zero attached hydrogens (tertiary/aromatic N) is 4. The monoisotopic (exact) mass is 409 g/mol. The van der Waals surface area contributed by atoms with Gasteiger partial charge in [-0.25, -0.2) is 9.78 Å². The number of hydrogen-bond donors (Lipinski definition) is 1. The molecule has 0 spiro atoms. The highest BCUT2D eigenvalue weighted by molar-refractivity contribution is 5.71. The van der Waals surface area contributed by atoms with Crippen LogP contribution in [0, 0.1) is 6.92 Å². The summed E-state index contributed by atoms with van der Waals surface area (Å²) in [6.07, 6.45) is 4.11. The van der Waals surface area contributed by atoms with E-state index < -0.39 is 0 Å². The van der Waals surface area contributed by atoms with Gasteiger partial charge < -0.3 is 4.57 Å². The summed E-state index contributed by atoms with van der Waals surface area (Å²) in [6.45, 7) is 9.10. The molecule has 1 aliphatic heterocycles. The maximum absolute atomic E-state index is 12.6. The first-order valence-corrected chi connectivity index (χ1v) is 11.1. The number of rotatable bonds is 7. The number of aryl methyl sites for hydroxylation is 3. The Bertz CT molecular complexity index is 1140. The van der Waals surface area contributed by atoms with Gasteiger partial charge in [-0.2, -0.15) is 0 Å². The second kappa shape index (κ2) is 8.60. The number of H-pyrrole nitrogens is 1. The SMILES string of the molecule is CCCCn1c(=O)[nH]c(=O)c2c1nc(CN1CCCC1c1ccc(C)cc1)n2CC. The molecule has 160 valence electrons. The second-order valence-corrected chi connectivity index (χ2v) is 8.25. The number of likely N-dealkylation sites (tertiary alicyclic amines) is 1. The molecule has 7 nitrogen and oxygen atoms in total. The predicted molar refractivity (Wildman–Crippen MR) is 119 cm³/mol. The molecule has 1 atom stereocenters. The molecule has 1 saturated heterocycles. The zero-order valence-corrected chi connectivity index (χ0v) is 18.1. The number of imidazole rings is 1. The molecule has 0 aliphatic carbocycles. The van der Waals surface area contributed by atoms with Crippen LogP contribution < -0.4 is 11.2 Å². The predicted octanol–water partition coefficient (Wildman–Crippen LogP) is 3.35. The van der Waals surface area contributed by atoms with Gasteiger partial charge in [0.05, 0.1) is 6.54 Å². The first-order valence-electron chi connectivity index (χ1n) is 11.1. The average Bonchev–Trinajstić information content (AvgIpc) is 3.33. The van der Waals surface area contributed by atoms with Crippen molar-refractivity contribution >= 4 is 11.2 Å². The lowest BCUT2D eigenvalue weighted by Gasteiger charge is -2.24. The smallest absolute Gasteiger partial charge is 0.321 e. The van der Waals surface area contributed by atoms with Gasteiger partial charge in [0.25, 0.3) is 5.56 Å². The highest BCUT2D eigenvalue weighted by Crippen LogP contribution is 2.33.